The van der Waals surface area contributed by atoms with Crippen LogP contribution in [-0.4, -0.2) is 25.5 Å². The Morgan fingerprint density at radius 1 is 1.19 bits per heavy atom. The number of nitrogens with two attached hydrogens (primary N) is 1. The van der Waals surface area contributed by atoms with Crippen LogP contribution in [0.1, 0.15) is 30.2 Å². The number of nitriles is 2. The van der Waals surface area contributed by atoms with Crippen LogP contribution in [0.5, 0.6) is 0 Å². The maximum absolute atomic E-state index is 13.3. The van der Waals surface area contributed by atoms with Crippen molar-refractivity contribution in [3.05, 3.63) is 75.9 Å². The Morgan fingerprint density at radius 3 is 2.49 bits per heavy atom. The molecule has 4 aromatic rings. The van der Waals surface area contributed by atoms with E-state index in [-0.39, 0.29) is 38.8 Å². The van der Waals surface area contributed by atoms with Gasteiger partial charge in [0.05, 0.1) is 34.0 Å². The average Bonchev–Trinajstić information content (AvgIpc) is 3.50. The number of benzene rings is 1. The summed E-state index contributed by atoms with van der Waals surface area (Å²) in [5.74, 6) is -0.204. The van der Waals surface area contributed by atoms with Crippen LogP contribution in [0.3, 0.4) is 0 Å². The normalized spacial score (nSPS) is 11.5. The number of hydrogen-bond donors (Lipinski definition) is 2. The molecule has 0 aliphatic carbocycles. The van der Waals surface area contributed by atoms with Gasteiger partial charge in [0.15, 0.2) is 0 Å². The molecule has 37 heavy (non-hydrogen) atoms. The highest BCUT2D eigenvalue weighted by Gasteiger charge is 2.28. The summed E-state index contributed by atoms with van der Waals surface area (Å²) < 4.78 is 8.59. The maximum atomic E-state index is 13.3. The van der Waals surface area contributed by atoms with Crippen molar-refractivity contribution in [3.63, 3.8) is 0 Å². The van der Waals surface area contributed by atoms with Crippen molar-refractivity contribution in [2.45, 2.75) is 30.5 Å². The summed E-state index contributed by atoms with van der Waals surface area (Å²) in [4.78, 5) is 30.8. The molecule has 0 aliphatic rings. The van der Waals surface area contributed by atoms with Gasteiger partial charge < -0.3 is 15.5 Å². The number of para-hydroxylation sites is 1. The van der Waals surface area contributed by atoms with Gasteiger partial charge in [-0.1, -0.05) is 36.9 Å². The van der Waals surface area contributed by atoms with Crippen LogP contribution >= 0.6 is 11.8 Å². The Labute approximate surface area is 216 Å². The second-order valence-corrected chi connectivity index (χ2v) is 9.26. The first-order chi connectivity index (χ1) is 17.8. The second-order valence-electron chi connectivity index (χ2n) is 8.07. The van der Waals surface area contributed by atoms with Crippen LogP contribution in [0, 0.1) is 29.6 Å². The van der Waals surface area contributed by atoms with Gasteiger partial charge in [-0.3, -0.25) is 14.3 Å². The molecule has 1 amide bonds. The van der Waals surface area contributed by atoms with E-state index in [4.69, 9.17) is 10.2 Å². The van der Waals surface area contributed by atoms with E-state index in [9.17, 15) is 20.1 Å². The third-order valence-electron chi connectivity index (χ3n) is 5.90. The molecule has 11 heteroatoms. The molecule has 1 unspecified atom stereocenters. The molecular weight excluding hydrogens is 490 g/mol. The Balaban J connectivity index is 1.69. The fourth-order valence-electron chi connectivity index (χ4n) is 3.92. The first kappa shape index (κ1) is 25.4. The van der Waals surface area contributed by atoms with Gasteiger partial charge in [0, 0.05) is 7.05 Å². The number of hydrogen-bond acceptors (Lipinski definition) is 8. The molecule has 3 aromatic heterocycles. The van der Waals surface area contributed by atoms with Gasteiger partial charge in [-0.05, 0) is 37.6 Å². The van der Waals surface area contributed by atoms with Gasteiger partial charge in [-0.15, -0.1) is 0 Å². The van der Waals surface area contributed by atoms with Crippen molar-refractivity contribution in [2.75, 3.05) is 11.1 Å². The number of nitrogens with zero attached hydrogens (tertiary/aromatic N) is 5. The minimum atomic E-state index is -0.708. The van der Waals surface area contributed by atoms with Gasteiger partial charge in [-0.25, -0.2) is 9.67 Å². The average molecular weight is 514 g/mol. The number of nitrogens with one attached hydrogen (secondary N) is 1. The molecule has 0 radical (unpaired) electrons. The zero-order valence-electron chi connectivity index (χ0n) is 20.3. The van der Waals surface area contributed by atoms with E-state index in [0.717, 1.165) is 11.8 Å². The number of rotatable bonds is 7. The monoisotopic (exact) mass is 513 g/mol. The van der Waals surface area contributed by atoms with E-state index in [1.807, 2.05) is 31.2 Å². The lowest BCUT2D eigenvalue weighted by atomic mass is 10.0. The molecule has 1 atom stereocenters. The zero-order valence-corrected chi connectivity index (χ0v) is 21.2. The van der Waals surface area contributed by atoms with Crippen LogP contribution in [0.25, 0.3) is 17.0 Å². The summed E-state index contributed by atoms with van der Waals surface area (Å²) >= 11 is 1.04. The Morgan fingerprint density at radius 2 is 1.89 bits per heavy atom. The number of aromatic nitrogens is 3. The predicted molar refractivity (Wildman–Crippen MR) is 140 cm³/mol. The summed E-state index contributed by atoms with van der Waals surface area (Å²) in [6.07, 6.45) is 1.80. The van der Waals surface area contributed by atoms with Gasteiger partial charge in [0.1, 0.15) is 40.0 Å². The third-order valence-corrected chi connectivity index (χ3v) is 7.25. The topological polar surface area (TPSA) is 156 Å². The van der Waals surface area contributed by atoms with Gasteiger partial charge in [0.2, 0.25) is 5.91 Å². The molecule has 186 valence electrons. The second kappa shape index (κ2) is 10.5. The number of nitrogen functional groups attached to an aromatic ring is 1. The predicted octanol–water partition coefficient (Wildman–Crippen LogP) is 3.97. The smallest absolute Gasteiger partial charge is 0.295 e. The molecule has 0 saturated carbocycles. The van der Waals surface area contributed by atoms with E-state index in [2.05, 4.69) is 16.4 Å². The van der Waals surface area contributed by atoms with Gasteiger partial charge in [-0.2, -0.15) is 10.5 Å². The number of carbonyl (C=O) groups excluding carboxylic acids is 1. The Hall–Kier alpha value is -4.74. The maximum Gasteiger partial charge on any atom is 0.295 e. The minimum absolute atomic E-state index is 0.0229. The van der Waals surface area contributed by atoms with Crippen molar-refractivity contribution < 1.29 is 9.21 Å². The fraction of sp³-hybridized carbons (Fsp3) is 0.192. The highest BCUT2D eigenvalue weighted by Crippen LogP contribution is 2.37. The number of amides is 1. The molecule has 3 heterocycles. The number of carbonyl (C=O) groups is 1. The summed E-state index contributed by atoms with van der Waals surface area (Å²) in [6.45, 7) is 3.56. The van der Waals surface area contributed by atoms with Crippen molar-refractivity contribution in [1.82, 2.24) is 14.3 Å². The lowest BCUT2D eigenvalue weighted by Crippen LogP contribution is -2.28. The summed E-state index contributed by atoms with van der Waals surface area (Å²) in [5, 5.41) is 21.8. The summed E-state index contributed by atoms with van der Waals surface area (Å²) in [5.41, 5.74) is 7.44. The largest absolute Gasteiger partial charge is 0.464 e. The number of thioether (sulfide) groups is 1. The number of furan rings is 1. The van der Waals surface area contributed by atoms with Crippen LogP contribution in [0.15, 0.2) is 63.0 Å². The van der Waals surface area contributed by atoms with Crippen molar-refractivity contribution in [1.29, 1.82) is 10.5 Å². The molecule has 0 spiro atoms. The van der Waals surface area contributed by atoms with Crippen LogP contribution in [0.4, 0.5) is 11.5 Å². The summed E-state index contributed by atoms with van der Waals surface area (Å²) in [7, 11) is 1.74. The highest BCUT2D eigenvalue weighted by atomic mass is 32.2. The zero-order chi connectivity index (χ0) is 26.7. The van der Waals surface area contributed by atoms with Crippen molar-refractivity contribution in [3.8, 4) is 29.1 Å². The Kier molecular flexibility index (Phi) is 7.18. The first-order valence-electron chi connectivity index (χ1n) is 11.3. The SMILES string of the molecule is CCC(Sc1nc(N)c(C#N)c(-c2ccco2)c1C#N)C(=O)Nc1c(C)n(C)n(-c2ccccc2)c1=O. The third kappa shape index (κ3) is 4.60. The fourth-order valence-corrected chi connectivity index (χ4v) is 4.94. The lowest BCUT2D eigenvalue weighted by molar-refractivity contribution is -0.115. The van der Waals surface area contributed by atoms with E-state index < -0.39 is 11.2 Å². The number of pyridine rings is 1. The molecule has 0 aliphatic heterocycles. The minimum Gasteiger partial charge on any atom is -0.464 e. The molecule has 0 saturated heterocycles. The lowest BCUT2D eigenvalue weighted by Gasteiger charge is -2.16. The molecule has 1 aromatic carbocycles. The van der Waals surface area contributed by atoms with E-state index >= 15 is 0 Å². The van der Waals surface area contributed by atoms with E-state index in [1.165, 1.54) is 10.9 Å². The quantitative estimate of drug-likeness (QED) is 0.352. The van der Waals surface area contributed by atoms with Crippen LogP contribution in [0.2, 0.25) is 0 Å². The highest BCUT2D eigenvalue weighted by molar-refractivity contribution is 8.00. The molecule has 10 nitrogen and oxygen atoms in total. The molecule has 0 bridgehead atoms. The molecule has 4 rings (SSSR count). The molecular formula is C26H23N7O3S. The number of anilines is 2. The van der Waals surface area contributed by atoms with E-state index in [1.54, 1.807) is 42.9 Å². The first-order valence-corrected chi connectivity index (χ1v) is 12.2. The standard InChI is InChI=1S/C26H23N7O3S/c1-4-20(24(34)30-22-15(2)32(3)33(26(22)35)16-9-6-5-7-10-16)37-25-18(14-28)21(19-11-8-12-36-19)17(13-27)23(29)31-25/h5-12,20H,4H2,1-3H3,(H2,29,31)(H,30,34). The van der Waals surface area contributed by atoms with Crippen molar-refractivity contribution in [2.24, 2.45) is 7.05 Å². The van der Waals surface area contributed by atoms with Crippen molar-refractivity contribution >= 4 is 29.2 Å². The van der Waals surface area contributed by atoms with Crippen LogP contribution < -0.4 is 16.6 Å². The van der Waals surface area contributed by atoms with Gasteiger partial charge >= 0.3 is 0 Å². The summed E-state index contributed by atoms with van der Waals surface area (Å²) in [6, 6.07) is 16.4. The molecule has 3 N–H and O–H groups in total. The molecule has 0 fully saturated rings. The van der Waals surface area contributed by atoms with E-state index in [0.29, 0.717) is 23.6 Å². The Bertz CT molecular complexity index is 1610. The van der Waals surface area contributed by atoms with Gasteiger partial charge in [0.25, 0.3) is 5.56 Å². The van der Waals surface area contributed by atoms with Crippen LogP contribution in [-0.2, 0) is 11.8 Å².